The molecule has 0 amide bonds. The van der Waals surface area contributed by atoms with Gasteiger partial charge in [0.2, 0.25) is 0 Å². The van der Waals surface area contributed by atoms with E-state index >= 15 is 0 Å². The van der Waals surface area contributed by atoms with Crippen LogP contribution in [-0.2, 0) is 15.1 Å². The van der Waals surface area contributed by atoms with Crippen LogP contribution in [0.3, 0.4) is 0 Å². The summed E-state index contributed by atoms with van der Waals surface area (Å²) >= 11 is -0.346. The van der Waals surface area contributed by atoms with Crippen LogP contribution in [0.15, 0.2) is 120 Å². The summed E-state index contributed by atoms with van der Waals surface area (Å²) in [6.45, 7) is 4.83. The zero-order chi connectivity index (χ0) is 34.7. The van der Waals surface area contributed by atoms with Gasteiger partial charge in [-0.3, -0.25) is 0 Å². The van der Waals surface area contributed by atoms with Crippen molar-refractivity contribution in [3.05, 3.63) is 137 Å². The zero-order valence-electron chi connectivity index (χ0n) is 29.9. The van der Waals surface area contributed by atoms with Crippen LogP contribution in [0.4, 0.5) is 0 Å². The van der Waals surface area contributed by atoms with Crippen molar-refractivity contribution in [3.63, 3.8) is 0 Å². The molecule has 3 aromatic carbocycles. The van der Waals surface area contributed by atoms with Crippen molar-refractivity contribution in [2.75, 3.05) is 0 Å². The van der Waals surface area contributed by atoms with Crippen LogP contribution in [0.25, 0.3) is 6.08 Å². The summed E-state index contributed by atoms with van der Waals surface area (Å²) < 4.78 is 0. The van der Waals surface area contributed by atoms with E-state index in [9.17, 15) is 0 Å². The van der Waals surface area contributed by atoms with Gasteiger partial charge in [0.25, 0.3) is 0 Å². The summed E-state index contributed by atoms with van der Waals surface area (Å²) in [6, 6.07) is 34.1. The maximum atomic E-state index is 4.85. The predicted molar refractivity (Wildman–Crippen MR) is 214 cm³/mol. The molecule has 0 saturated heterocycles. The Bertz CT molecular complexity index is 1480. The van der Waals surface area contributed by atoms with Crippen molar-refractivity contribution >= 4 is 33.4 Å². The van der Waals surface area contributed by atoms with E-state index in [1.54, 1.807) is 11.1 Å². The average Bonchev–Trinajstić information content (AvgIpc) is 3.61. The standard InChI is InChI=1S/C44H55N2P.2ClH.Ru/c1-34(37-21-10-4-11-22-37)45-31-32-46(35(2)38-23-12-5-13-24-38)44(45)43-39(33-36-19-8-3-9-20-36)25-18-30-42(43)47(40-26-14-6-15-27-40)41-28-16-7-17-29-41;;;/h3-5,8-13,19-24,31-35,40-42H,6-7,14-18,25-30H2,1-2H3;2*1H;/q;;;+2/p-2. The SMILES string of the molecule is CC(c1ccccc1)N1C=CN(C(C)c2ccccc2)C1=C1C(=Cc2ccccc2)CCCC1P(C1CCCCC1)C1CCCCC1.[Cl][Ru][Cl]. The third kappa shape index (κ3) is 9.18. The molecule has 3 saturated carbocycles. The van der Waals surface area contributed by atoms with Crippen molar-refractivity contribution in [1.29, 1.82) is 0 Å². The first kappa shape index (κ1) is 37.9. The van der Waals surface area contributed by atoms with Crippen molar-refractivity contribution in [1.82, 2.24) is 9.80 Å². The van der Waals surface area contributed by atoms with Crippen LogP contribution in [0.5, 0.6) is 0 Å². The zero-order valence-corrected chi connectivity index (χ0v) is 34.1. The molecule has 0 N–H and O–H groups in total. The van der Waals surface area contributed by atoms with Crippen LogP contribution in [0.1, 0.15) is 126 Å². The molecular weight excluding hydrogens is 759 g/mol. The Morgan fingerprint density at radius 1 is 0.620 bits per heavy atom. The Kier molecular flexibility index (Phi) is 14.6. The number of benzene rings is 3. The molecule has 50 heavy (non-hydrogen) atoms. The van der Waals surface area contributed by atoms with Gasteiger partial charge in [-0.2, -0.15) is 0 Å². The second kappa shape index (κ2) is 19.3. The second-order valence-corrected chi connectivity index (χ2v) is 20.2. The quantitative estimate of drug-likeness (QED) is 0.165. The fourth-order valence-electron chi connectivity index (χ4n) is 9.14. The molecule has 0 spiro atoms. The third-order valence-electron chi connectivity index (χ3n) is 11.6. The molecule has 3 atom stereocenters. The molecule has 2 nitrogen and oxygen atoms in total. The fourth-order valence-corrected chi connectivity index (χ4v) is 13.7. The molecule has 3 aliphatic carbocycles. The molecule has 0 aromatic heterocycles. The maximum absolute atomic E-state index is 4.85. The normalized spacial score (nSPS) is 22.6. The van der Waals surface area contributed by atoms with E-state index in [1.807, 2.05) is 0 Å². The Morgan fingerprint density at radius 3 is 1.52 bits per heavy atom. The number of hydrogen-bond acceptors (Lipinski definition) is 2. The average molecular weight is 815 g/mol. The molecule has 3 aromatic rings. The van der Waals surface area contributed by atoms with E-state index < -0.39 is 0 Å². The van der Waals surface area contributed by atoms with Gasteiger partial charge in [-0.15, -0.1) is 0 Å². The van der Waals surface area contributed by atoms with E-state index in [0.29, 0.717) is 5.66 Å². The summed E-state index contributed by atoms with van der Waals surface area (Å²) in [7, 11) is 9.57. The van der Waals surface area contributed by atoms with Gasteiger partial charge >= 0.3 is 34.5 Å². The van der Waals surface area contributed by atoms with Gasteiger partial charge in [0, 0.05) is 23.6 Å². The molecule has 4 aliphatic rings. The molecule has 0 radical (unpaired) electrons. The summed E-state index contributed by atoms with van der Waals surface area (Å²) in [5, 5.41) is 0. The Hall–Kier alpha value is -1.89. The summed E-state index contributed by atoms with van der Waals surface area (Å²) in [5.74, 6) is 1.46. The van der Waals surface area contributed by atoms with Gasteiger partial charge in [-0.05, 0) is 92.4 Å². The molecule has 3 unspecified atom stereocenters. The van der Waals surface area contributed by atoms with E-state index in [4.69, 9.17) is 19.4 Å². The van der Waals surface area contributed by atoms with Gasteiger partial charge in [-0.25, -0.2) is 0 Å². The van der Waals surface area contributed by atoms with E-state index in [-0.39, 0.29) is 35.2 Å². The van der Waals surface area contributed by atoms with Gasteiger partial charge < -0.3 is 9.80 Å². The molecule has 6 heteroatoms. The summed E-state index contributed by atoms with van der Waals surface area (Å²) in [5.41, 5.74) is 9.90. The molecule has 268 valence electrons. The molecule has 1 heterocycles. The van der Waals surface area contributed by atoms with Crippen molar-refractivity contribution in [2.45, 2.75) is 126 Å². The Morgan fingerprint density at radius 2 is 1.06 bits per heavy atom. The van der Waals surface area contributed by atoms with Crippen molar-refractivity contribution in [2.24, 2.45) is 0 Å². The Balaban J connectivity index is 0.00000139. The first-order chi connectivity index (χ1) is 24.6. The van der Waals surface area contributed by atoms with E-state index in [2.05, 4.69) is 133 Å². The van der Waals surface area contributed by atoms with Crippen molar-refractivity contribution in [3.8, 4) is 0 Å². The molecular formula is C44H55Cl2N2PRu. The minimum absolute atomic E-state index is 0.137. The van der Waals surface area contributed by atoms with E-state index in [1.165, 1.54) is 106 Å². The van der Waals surface area contributed by atoms with Crippen LogP contribution < -0.4 is 0 Å². The molecule has 0 bridgehead atoms. The van der Waals surface area contributed by atoms with Crippen LogP contribution in [-0.4, -0.2) is 26.8 Å². The number of hydrogen-bond donors (Lipinski definition) is 0. The van der Waals surface area contributed by atoms with Gasteiger partial charge in [0.1, 0.15) is 5.82 Å². The summed E-state index contributed by atoms with van der Waals surface area (Å²) in [6.07, 6.45) is 25.7. The molecule has 1 aliphatic heterocycles. The fraction of sp³-hybridized carbons (Fsp3) is 0.455. The van der Waals surface area contributed by atoms with Crippen LogP contribution in [0, 0.1) is 0 Å². The predicted octanol–water partition coefficient (Wildman–Crippen LogP) is 14.0. The molecule has 3 fully saturated rings. The topological polar surface area (TPSA) is 6.48 Å². The number of halogens is 2. The van der Waals surface area contributed by atoms with Gasteiger partial charge in [0.15, 0.2) is 0 Å². The van der Waals surface area contributed by atoms with Crippen LogP contribution >= 0.6 is 27.3 Å². The van der Waals surface area contributed by atoms with Gasteiger partial charge in [-0.1, -0.05) is 144 Å². The number of rotatable bonds is 8. The molecule has 7 rings (SSSR count). The summed E-state index contributed by atoms with van der Waals surface area (Å²) in [4.78, 5) is 5.33. The second-order valence-electron chi connectivity index (χ2n) is 14.6. The number of nitrogens with zero attached hydrogens (tertiary/aromatic N) is 2. The van der Waals surface area contributed by atoms with Crippen LogP contribution in [0.2, 0.25) is 0 Å². The minimum atomic E-state index is -0.346. The van der Waals surface area contributed by atoms with Crippen molar-refractivity contribution < 1.29 is 15.1 Å². The number of allylic oxidation sites excluding steroid dienone is 2. The monoisotopic (exact) mass is 814 g/mol. The van der Waals surface area contributed by atoms with Gasteiger partial charge in [0.05, 0.1) is 12.1 Å². The van der Waals surface area contributed by atoms with E-state index in [0.717, 1.165) is 11.3 Å². The first-order valence-corrected chi connectivity index (χ1v) is 25.1. The Labute approximate surface area is 319 Å². The third-order valence-corrected chi connectivity index (χ3v) is 15.6. The first-order valence-electron chi connectivity index (χ1n) is 19.1.